The van der Waals surface area contributed by atoms with Gasteiger partial charge >= 0.3 is 6.03 Å². The Labute approximate surface area is 231 Å². The fourth-order valence-corrected chi connectivity index (χ4v) is 4.93. The van der Waals surface area contributed by atoms with Gasteiger partial charge in [-0.1, -0.05) is 30.3 Å². The summed E-state index contributed by atoms with van der Waals surface area (Å²) in [6, 6.07) is 13.4. The second kappa shape index (κ2) is 13.1. The van der Waals surface area contributed by atoms with Crippen LogP contribution in [-0.4, -0.2) is 91.5 Å². The molecule has 3 amide bonds. The van der Waals surface area contributed by atoms with Gasteiger partial charge in [0, 0.05) is 44.2 Å². The van der Waals surface area contributed by atoms with Crippen molar-refractivity contribution in [2.75, 3.05) is 53.0 Å². The molecule has 9 heteroatoms. The minimum atomic E-state index is -0.334. The molecule has 2 aromatic carbocycles. The maximum absolute atomic E-state index is 13.9. The van der Waals surface area contributed by atoms with Crippen molar-refractivity contribution in [1.29, 1.82) is 0 Å². The molecule has 2 aromatic rings. The second-order valence-electron chi connectivity index (χ2n) is 10.5. The molecular formula is C30H41N5O4. The molecule has 1 saturated heterocycles. The average Bonchev–Trinajstić information content (AvgIpc) is 3.38. The zero-order valence-corrected chi connectivity index (χ0v) is 23.8. The van der Waals surface area contributed by atoms with Gasteiger partial charge in [-0.25, -0.2) is 9.80 Å². The fourth-order valence-electron chi connectivity index (χ4n) is 4.93. The van der Waals surface area contributed by atoms with Crippen molar-refractivity contribution in [3.8, 4) is 5.75 Å². The van der Waals surface area contributed by atoms with Crippen LogP contribution in [0.5, 0.6) is 5.75 Å². The highest BCUT2D eigenvalue weighted by Crippen LogP contribution is 2.37. The Bertz CT molecular complexity index is 1190. The number of carbonyl (C=O) groups is 2. The molecular weight excluding hydrogens is 494 g/mol. The van der Waals surface area contributed by atoms with E-state index in [0.717, 1.165) is 29.9 Å². The summed E-state index contributed by atoms with van der Waals surface area (Å²) in [6.45, 7) is 12.0. The van der Waals surface area contributed by atoms with Gasteiger partial charge in [0.05, 0.1) is 32.1 Å². The van der Waals surface area contributed by atoms with Gasteiger partial charge in [0.1, 0.15) is 12.3 Å². The summed E-state index contributed by atoms with van der Waals surface area (Å²) in [6.07, 6.45) is 0.556. The first kappa shape index (κ1) is 28.6. The highest BCUT2D eigenvalue weighted by Gasteiger charge is 2.36. The number of amides is 3. The average molecular weight is 536 g/mol. The van der Waals surface area contributed by atoms with E-state index in [-0.39, 0.29) is 30.6 Å². The first-order valence-electron chi connectivity index (χ1n) is 13.7. The third kappa shape index (κ3) is 7.16. The van der Waals surface area contributed by atoms with Crippen LogP contribution in [0.25, 0.3) is 0 Å². The Balaban J connectivity index is 1.60. The van der Waals surface area contributed by atoms with Crippen molar-refractivity contribution in [3.05, 3.63) is 64.7 Å². The number of para-hydroxylation sites is 1. The zero-order valence-electron chi connectivity index (χ0n) is 23.8. The predicted molar refractivity (Wildman–Crippen MR) is 152 cm³/mol. The maximum atomic E-state index is 13.9. The number of methoxy groups -OCH3 is 1. The molecule has 1 N–H and O–H groups in total. The van der Waals surface area contributed by atoms with Gasteiger partial charge in [0.15, 0.2) is 0 Å². The van der Waals surface area contributed by atoms with E-state index in [9.17, 15) is 9.59 Å². The first-order chi connectivity index (χ1) is 18.8. The summed E-state index contributed by atoms with van der Waals surface area (Å²) in [5.41, 5.74) is 5.11. The minimum Gasteiger partial charge on any atom is -0.496 e. The van der Waals surface area contributed by atoms with Crippen molar-refractivity contribution in [2.45, 2.75) is 46.2 Å². The molecule has 0 aromatic heterocycles. The van der Waals surface area contributed by atoms with E-state index in [0.29, 0.717) is 38.5 Å². The molecule has 0 aliphatic carbocycles. The fraction of sp³-hybridized carbons (Fsp3) is 0.500. The molecule has 0 radical (unpaired) electrons. The van der Waals surface area contributed by atoms with E-state index in [1.165, 1.54) is 11.1 Å². The lowest BCUT2D eigenvalue weighted by Gasteiger charge is -2.31. The maximum Gasteiger partial charge on any atom is 0.318 e. The largest absolute Gasteiger partial charge is 0.496 e. The molecule has 2 heterocycles. The van der Waals surface area contributed by atoms with Gasteiger partial charge in [0.2, 0.25) is 0 Å². The number of carbonyl (C=O) groups excluding carboxylic acids is 2. The number of aryl methyl sites for hydroxylation is 2. The Morgan fingerprint density at radius 3 is 2.56 bits per heavy atom. The Hall–Kier alpha value is -3.43. The van der Waals surface area contributed by atoms with E-state index in [4.69, 9.17) is 14.6 Å². The van der Waals surface area contributed by atoms with Crippen LogP contribution >= 0.6 is 0 Å². The molecule has 4 rings (SSSR count). The lowest BCUT2D eigenvalue weighted by Crippen LogP contribution is -2.50. The van der Waals surface area contributed by atoms with Crippen LogP contribution in [0.4, 0.5) is 4.79 Å². The van der Waals surface area contributed by atoms with Gasteiger partial charge < -0.3 is 19.7 Å². The topological polar surface area (TPSA) is 86.7 Å². The Morgan fingerprint density at radius 1 is 1.13 bits per heavy atom. The number of urea groups is 1. The third-order valence-corrected chi connectivity index (χ3v) is 7.32. The number of morpholine rings is 1. The molecule has 1 atom stereocenters. The van der Waals surface area contributed by atoms with E-state index < -0.39 is 0 Å². The Kier molecular flexibility index (Phi) is 9.59. The molecule has 39 heavy (non-hydrogen) atoms. The molecule has 0 bridgehead atoms. The van der Waals surface area contributed by atoms with Crippen LogP contribution < -0.4 is 10.1 Å². The standard InChI is InChI=1S/C30H41N5O4/c1-21(2)31-30(37)34(13-12-33-14-16-39-17-15-33)20-29(36)35-27(25-8-6-7-9-28(25)38-5)19-26(32-35)24-11-10-22(3)23(4)18-24/h6-11,18,21,27H,12-17,19-20H2,1-5H3,(H,31,37)/t27-/m1/s1. The number of benzene rings is 2. The van der Waals surface area contributed by atoms with Crippen LogP contribution in [0.15, 0.2) is 47.6 Å². The minimum absolute atomic E-state index is 0.0407. The molecule has 2 aliphatic heterocycles. The molecule has 1 fully saturated rings. The zero-order chi connectivity index (χ0) is 27.9. The number of hydrogen-bond acceptors (Lipinski definition) is 6. The van der Waals surface area contributed by atoms with Crippen LogP contribution in [0.2, 0.25) is 0 Å². The van der Waals surface area contributed by atoms with E-state index in [1.807, 2.05) is 38.1 Å². The summed E-state index contributed by atoms with van der Waals surface area (Å²) < 4.78 is 11.1. The number of ether oxygens (including phenoxy) is 2. The van der Waals surface area contributed by atoms with Gasteiger partial charge in [-0.3, -0.25) is 9.69 Å². The molecule has 0 saturated carbocycles. The number of nitrogens with zero attached hydrogens (tertiary/aromatic N) is 4. The van der Waals surface area contributed by atoms with Crippen LogP contribution in [0, 0.1) is 13.8 Å². The number of hydrazone groups is 1. The first-order valence-corrected chi connectivity index (χ1v) is 13.7. The summed E-state index contributed by atoms with van der Waals surface area (Å²) in [7, 11) is 1.63. The molecule has 9 nitrogen and oxygen atoms in total. The Morgan fingerprint density at radius 2 is 1.87 bits per heavy atom. The van der Waals surface area contributed by atoms with E-state index in [2.05, 4.69) is 42.3 Å². The van der Waals surface area contributed by atoms with Crippen LogP contribution in [-0.2, 0) is 9.53 Å². The predicted octanol–water partition coefficient (Wildman–Crippen LogP) is 3.74. The van der Waals surface area contributed by atoms with Gasteiger partial charge in [-0.2, -0.15) is 5.10 Å². The summed E-state index contributed by atoms with van der Waals surface area (Å²) in [5.74, 6) is 0.476. The quantitative estimate of drug-likeness (QED) is 0.529. The number of hydrogen-bond donors (Lipinski definition) is 1. The lowest BCUT2D eigenvalue weighted by molar-refractivity contribution is -0.133. The van der Waals surface area contributed by atoms with E-state index >= 15 is 0 Å². The SMILES string of the molecule is COc1ccccc1[C@H]1CC(c2ccc(C)c(C)c2)=NN1C(=O)CN(CCN1CCOCC1)C(=O)NC(C)C. The lowest BCUT2D eigenvalue weighted by atomic mass is 9.96. The third-order valence-electron chi connectivity index (χ3n) is 7.32. The summed E-state index contributed by atoms with van der Waals surface area (Å²) in [5, 5.41) is 9.34. The van der Waals surface area contributed by atoms with Gasteiger partial charge in [0.25, 0.3) is 5.91 Å². The van der Waals surface area contributed by atoms with Crippen molar-refractivity contribution >= 4 is 17.6 Å². The molecule has 0 spiro atoms. The van der Waals surface area contributed by atoms with Crippen molar-refractivity contribution < 1.29 is 19.1 Å². The smallest absolute Gasteiger partial charge is 0.318 e. The highest BCUT2D eigenvalue weighted by atomic mass is 16.5. The molecule has 210 valence electrons. The van der Waals surface area contributed by atoms with Crippen LogP contribution in [0.1, 0.15) is 48.6 Å². The molecule has 2 aliphatic rings. The second-order valence-corrected chi connectivity index (χ2v) is 10.5. The molecule has 0 unspecified atom stereocenters. The van der Waals surface area contributed by atoms with Crippen molar-refractivity contribution in [3.63, 3.8) is 0 Å². The monoisotopic (exact) mass is 535 g/mol. The summed E-state index contributed by atoms with van der Waals surface area (Å²) in [4.78, 5) is 30.9. The van der Waals surface area contributed by atoms with Gasteiger partial charge in [-0.05, 0) is 56.5 Å². The van der Waals surface area contributed by atoms with Crippen molar-refractivity contribution in [1.82, 2.24) is 20.1 Å². The number of rotatable bonds is 9. The number of nitrogens with one attached hydrogen (secondary N) is 1. The normalized spacial score (nSPS) is 17.7. The van der Waals surface area contributed by atoms with Crippen molar-refractivity contribution in [2.24, 2.45) is 5.10 Å². The van der Waals surface area contributed by atoms with Crippen LogP contribution in [0.3, 0.4) is 0 Å². The van der Waals surface area contributed by atoms with E-state index in [1.54, 1.807) is 17.0 Å². The summed E-state index contributed by atoms with van der Waals surface area (Å²) >= 11 is 0. The van der Waals surface area contributed by atoms with Gasteiger partial charge in [-0.15, -0.1) is 0 Å². The highest BCUT2D eigenvalue weighted by molar-refractivity contribution is 6.03.